The number of ether oxygens (including phenoxy) is 1. The Morgan fingerprint density at radius 3 is 2.97 bits per heavy atom. The molecule has 0 aliphatic carbocycles. The molecule has 30 heavy (non-hydrogen) atoms. The van der Waals surface area contributed by atoms with Crippen LogP contribution < -0.4 is 15.0 Å². The van der Waals surface area contributed by atoms with Crippen molar-refractivity contribution in [2.75, 3.05) is 25.1 Å². The van der Waals surface area contributed by atoms with Crippen molar-refractivity contribution < 1.29 is 13.9 Å². The Morgan fingerprint density at radius 1 is 1.27 bits per heavy atom. The summed E-state index contributed by atoms with van der Waals surface area (Å²) in [4.78, 5) is 19.5. The highest BCUT2D eigenvalue weighted by molar-refractivity contribution is 5.98. The number of nitrogens with one attached hydrogen (secondary N) is 1. The van der Waals surface area contributed by atoms with Crippen LogP contribution in [0.3, 0.4) is 0 Å². The Balaban J connectivity index is 1.30. The third-order valence-corrected chi connectivity index (χ3v) is 5.64. The summed E-state index contributed by atoms with van der Waals surface area (Å²) in [7, 11) is 3.43. The minimum absolute atomic E-state index is 0.120. The fourth-order valence-corrected chi connectivity index (χ4v) is 4.16. The van der Waals surface area contributed by atoms with Gasteiger partial charge in [0.15, 0.2) is 5.58 Å². The van der Waals surface area contributed by atoms with E-state index in [-0.39, 0.29) is 11.9 Å². The molecule has 5 rings (SSSR count). The number of benzene rings is 2. The number of para-hydroxylation sites is 2. The highest BCUT2D eigenvalue weighted by Crippen LogP contribution is 2.28. The molecule has 1 N–H and O–H groups in total. The van der Waals surface area contributed by atoms with Crippen molar-refractivity contribution in [1.29, 1.82) is 0 Å². The van der Waals surface area contributed by atoms with Crippen molar-refractivity contribution in [2.24, 2.45) is 7.05 Å². The molecule has 154 valence electrons. The summed E-state index contributed by atoms with van der Waals surface area (Å²) in [6.45, 7) is 1.40. The van der Waals surface area contributed by atoms with Gasteiger partial charge >= 0.3 is 0 Å². The standard InChI is InChI=1S/C22H23N5O3/c1-26-21(29-2)16-10-9-14(12-18(16)25-26)20(28)23-13-15-6-5-11-27(15)22-24-17-7-3-4-8-19(17)30-22/h3-4,7-10,12,15H,5-6,11,13H2,1-2H3,(H,23,28)/t15-/m0/s1. The van der Waals surface area contributed by atoms with Crippen molar-refractivity contribution in [3.05, 3.63) is 48.0 Å². The van der Waals surface area contributed by atoms with E-state index in [0.29, 0.717) is 24.0 Å². The normalized spacial score (nSPS) is 16.5. The highest BCUT2D eigenvalue weighted by atomic mass is 16.5. The number of rotatable bonds is 5. The summed E-state index contributed by atoms with van der Waals surface area (Å²) in [6, 6.07) is 14.0. The van der Waals surface area contributed by atoms with Gasteiger partial charge in [-0.05, 0) is 43.2 Å². The fourth-order valence-electron chi connectivity index (χ4n) is 4.16. The van der Waals surface area contributed by atoms with Crippen LogP contribution in [0.2, 0.25) is 0 Å². The Hall–Kier alpha value is -3.55. The number of anilines is 1. The first-order chi connectivity index (χ1) is 14.6. The summed E-state index contributed by atoms with van der Waals surface area (Å²) in [5.74, 6) is 0.558. The molecule has 0 unspecified atom stereocenters. The molecule has 3 heterocycles. The lowest BCUT2D eigenvalue weighted by molar-refractivity contribution is 0.0951. The molecule has 8 nitrogen and oxygen atoms in total. The minimum atomic E-state index is -0.120. The second kappa shape index (κ2) is 7.37. The van der Waals surface area contributed by atoms with Crippen LogP contribution in [0.5, 0.6) is 5.88 Å². The van der Waals surface area contributed by atoms with Crippen LogP contribution in [0.15, 0.2) is 46.9 Å². The zero-order valence-electron chi connectivity index (χ0n) is 17.0. The SMILES string of the molecule is COc1c2ccc(C(=O)NC[C@@H]3CCCN3c3nc4ccccc4o3)cc2nn1C. The summed E-state index contributed by atoms with van der Waals surface area (Å²) < 4.78 is 13.0. The molecule has 1 atom stereocenters. The summed E-state index contributed by atoms with van der Waals surface area (Å²) in [5, 5.41) is 8.36. The lowest BCUT2D eigenvalue weighted by atomic mass is 10.1. The molecule has 1 amide bonds. The predicted molar refractivity (Wildman–Crippen MR) is 114 cm³/mol. The van der Waals surface area contributed by atoms with Crippen LogP contribution in [-0.4, -0.2) is 46.9 Å². The largest absolute Gasteiger partial charge is 0.481 e. The lowest BCUT2D eigenvalue weighted by Crippen LogP contribution is -2.40. The molecular weight excluding hydrogens is 382 g/mol. The second-order valence-electron chi connectivity index (χ2n) is 7.53. The maximum Gasteiger partial charge on any atom is 0.298 e. The van der Waals surface area contributed by atoms with Gasteiger partial charge in [-0.1, -0.05) is 12.1 Å². The van der Waals surface area contributed by atoms with E-state index in [0.717, 1.165) is 41.4 Å². The maximum absolute atomic E-state index is 12.8. The first kappa shape index (κ1) is 18.5. The predicted octanol–water partition coefficient (Wildman–Crippen LogP) is 3.12. The average molecular weight is 405 g/mol. The van der Waals surface area contributed by atoms with Crippen molar-refractivity contribution in [2.45, 2.75) is 18.9 Å². The van der Waals surface area contributed by atoms with Gasteiger partial charge in [-0.2, -0.15) is 10.1 Å². The first-order valence-corrected chi connectivity index (χ1v) is 10.0. The van der Waals surface area contributed by atoms with Gasteiger partial charge in [-0.15, -0.1) is 0 Å². The quantitative estimate of drug-likeness (QED) is 0.549. The van der Waals surface area contributed by atoms with Crippen LogP contribution in [0.25, 0.3) is 22.0 Å². The Labute approximate surface area is 173 Å². The third-order valence-electron chi connectivity index (χ3n) is 5.64. The maximum atomic E-state index is 12.8. The molecule has 2 aromatic heterocycles. The third kappa shape index (κ3) is 3.14. The van der Waals surface area contributed by atoms with E-state index in [1.165, 1.54) is 0 Å². The number of hydrogen-bond donors (Lipinski definition) is 1. The molecule has 4 aromatic rings. The van der Waals surface area contributed by atoms with Crippen LogP contribution in [0, 0.1) is 0 Å². The molecule has 0 bridgehead atoms. The van der Waals surface area contributed by atoms with E-state index >= 15 is 0 Å². The summed E-state index contributed by atoms with van der Waals surface area (Å²) in [6.07, 6.45) is 2.02. The molecule has 2 aromatic carbocycles. The number of aryl methyl sites for hydroxylation is 1. The molecule has 1 aliphatic heterocycles. The van der Waals surface area contributed by atoms with E-state index in [1.807, 2.05) is 37.4 Å². The Kier molecular flexibility index (Phi) is 4.54. The van der Waals surface area contributed by atoms with Crippen LogP contribution in [-0.2, 0) is 7.05 Å². The highest BCUT2D eigenvalue weighted by Gasteiger charge is 2.28. The van der Waals surface area contributed by atoms with E-state index in [1.54, 1.807) is 23.9 Å². The summed E-state index contributed by atoms with van der Waals surface area (Å²) in [5.41, 5.74) is 2.94. The fraction of sp³-hybridized carbons (Fsp3) is 0.318. The molecule has 0 saturated carbocycles. The number of hydrogen-bond acceptors (Lipinski definition) is 6. The van der Waals surface area contributed by atoms with Gasteiger partial charge < -0.3 is 19.4 Å². The van der Waals surface area contributed by atoms with Crippen LogP contribution in [0.4, 0.5) is 6.01 Å². The van der Waals surface area contributed by atoms with Crippen molar-refractivity contribution in [1.82, 2.24) is 20.1 Å². The smallest absolute Gasteiger partial charge is 0.298 e. The zero-order valence-corrected chi connectivity index (χ0v) is 17.0. The van der Waals surface area contributed by atoms with Gasteiger partial charge in [0.05, 0.1) is 24.1 Å². The summed E-state index contributed by atoms with van der Waals surface area (Å²) >= 11 is 0. The zero-order chi connectivity index (χ0) is 20.7. The van der Waals surface area contributed by atoms with Gasteiger partial charge in [0.2, 0.25) is 5.88 Å². The van der Waals surface area contributed by atoms with Crippen LogP contribution in [0.1, 0.15) is 23.2 Å². The number of aromatic nitrogens is 3. The molecule has 8 heteroatoms. The van der Waals surface area contributed by atoms with Crippen molar-refractivity contribution >= 4 is 33.9 Å². The number of carbonyl (C=O) groups excluding carboxylic acids is 1. The number of fused-ring (bicyclic) bond motifs is 2. The molecule has 1 saturated heterocycles. The van der Waals surface area contributed by atoms with Gasteiger partial charge in [-0.3, -0.25) is 4.79 Å². The second-order valence-corrected chi connectivity index (χ2v) is 7.53. The van der Waals surface area contributed by atoms with Crippen molar-refractivity contribution in [3.63, 3.8) is 0 Å². The Bertz CT molecular complexity index is 1200. The van der Waals surface area contributed by atoms with Gasteiger partial charge in [-0.25, -0.2) is 4.68 Å². The van der Waals surface area contributed by atoms with Gasteiger partial charge in [0.25, 0.3) is 11.9 Å². The van der Waals surface area contributed by atoms with E-state index in [2.05, 4.69) is 20.3 Å². The number of methoxy groups -OCH3 is 1. The minimum Gasteiger partial charge on any atom is -0.481 e. The topological polar surface area (TPSA) is 85.4 Å². The molecule has 0 radical (unpaired) electrons. The molecule has 0 spiro atoms. The van der Waals surface area contributed by atoms with Gasteiger partial charge in [0.1, 0.15) is 5.52 Å². The van der Waals surface area contributed by atoms with Crippen LogP contribution >= 0.6 is 0 Å². The van der Waals surface area contributed by atoms with E-state index < -0.39 is 0 Å². The monoisotopic (exact) mass is 405 g/mol. The number of amides is 1. The molecule has 1 aliphatic rings. The molecule has 1 fully saturated rings. The number of carbonyl (C=O) groups is 1. The van der Waals surface area contributed by atoms with E-state index in [9.17, 15) is 4.79 Å². The molecular formula is C22H23N5O3. The first-order valence-electron chi connectivity index (χ1n) is 10.0. The van der Waals surface area contributed by atoms with Gasteiger partial charge in [0, 0.05) is 25.7 Å². The number of oxazole rings is 1. The average Bonchev–Trinajstić information content (AvgIpc) is 3.46. The Morgan fingerprint density at radius 2 is 2.13 bits per heavy atom. The number of nitrogens with zero attached hydrogens (tertiary/aromatic N) is 4. The lowest BCUT2D eigenvalue weighted by Gasteiger charge is -2.23. The van der Waals surface area contributed by atoms with Crippen molar-refractivity contribution in [3.8, 4) is 5.88 Å². The van der Waals surface area contributed by atoms with E-state index in [4.69, 9.17) is 9.15 Å².